The van der Waals surface area contributed by atoms with Crippen molar-refractivity contribution in [3.63, 3.8) is 0 Å². The first-order valence-electron chi connectivity index (χ1n) is 6.13. The molecule has 0 aliphatic rings. The quantitative estimate of drug-likeness (QED) is 0.578. The predicted octanol–water partition coefficient (Wildman–Crippen LogP) is 2.55. The van der Waals surface area contributed by atoms with Crippen molar-refractivity contribution >= 4 is 23.5 Å². The number of unbranched alkanes of at least 4 members (excludes halogenated alkanes) is 2. The fraction of sp³-hybridized carbons (Fsp3) is 0.917. The number of alkyl carbamates (subject to hydrolysis) is 1. The summed E-state index contributed by atoms with van der Waals surface area (Å²) < 4.78 is 4.83. The van der Waals surface area contributed by atoms with Crippen molar-refractivity contribution in [3.8, 4) is 0 Å². The fourth-order valence-corrected chi connectivity index (χ4v) is 0.587. The molecule has 0 aromatic heterocycles. The maximum absolute atomic E-state index is 10.7. The van der Waals surface area contributed by atoms with Crippen LogP contribution in [0.3, 0.4) is 0 Å². The molecule has 0 unspecified atom stereocenters. The lowest BCUT2D eigenvalue weighted by Crippen LogP contribution is -2.25. The summed E-state index contributed by atoms with van der Waals surface area (Å²) in [5.41, 5.74) is 0. The molecule has 0 fully saturated rings. The smallest absolute Gasteiger partial charge is 0.407 e. The molecule has 1 amide bonds. The van der Waals surface area contributed by atoms with Crippen molar-refractivity contribution in [2.24, 2.45) is 0 Å². The minimum Gasteiger partial charge on any atom is -0.450 e. The van der Waals surface area contributed by atoms with Gasteiger partial charge in [0.2, 0.25) is 0 Å². The Hall–Kier alpha value is -0.198. The van der Waals surface area contributed by atoms with Crippen molar-refractivity contribution in [1.82, 2.24) is 5.32 Å². The summed E-state index contributed by atoms with van der Waals surface area (Å²) in [6.07, 6.45) is 5.30. The van der Waals surface area contributed by atoms with Crippen molar-refractivity contribution < 1.29 is 9.53 Å². The first-order valence-corrected chi connectivity index (χ1v) is 6.13. The van der Waals surface area contributed by atoms with Crippen LogP contribution in [0.4, 0.5) is 4.79 Å². The molecule has 0 aromatic rings. The number of carbonyl (C=O) groups excluding carboxylic acids is 1. The van der Waals surface area contributed by atoms with E-state index in [0.29, 0.717) is 13.2 Å². The van der Waals surface area contributed by atoms with Crippen molar-refractivity contribution in [3.05, 3.63) is 0 Å². The van der Waals surface area contributed by atoms with Gasteiger partial charge in [-0.2, -0.15) is 0 Å². The van der Waals surface area contributed by atoms with E-state index in [-0.39, 0.29) is 23.5 Å². The summed E-state index contributed by atoms with van der Waals surface area (Å²) in [5.74, 6) is 0. The molecular formula is C12H30AlNO2. The van der Waals surface area contributed by atoms with Crippen molar-refractivity contribution in [2.45, 2.75) is 59.8 Å². The standard InChI is InChI=1S/C8H17NO2.C4H10.Al.3H/c1-3-5-7-11-8(10)9-6-4-2;1-3-4-2;;;;/h3-7H2,1-2H3,(H,9,10);3-4H2,1-2H3;;;;. The Morgan fingerprint density at radius 1 is 1.00 bits per heavy atom. The third-order valence-corrected chi connectivity index (χ3v) is 1.75. The Labute approximate surface area is 111 Å². The zero-order chi connectivity index (χ0) is 11.9. The Kier molecular flexibility index (Phi) is 26.7. The van der Waals surface area contributed by atoms with Crippen LogP contribution in [0.15, 0.2) is 0 Å². The van der Waals surface area contributed by atoms with Gasteiger partial charge in [-0.3, -0.25) is 0 Å². The topological polar surface area (TPSA) is 38.3 Å². The maximum atomic E-state index is 10.7. The molecule has 0 aliphatic heterocycles. The summed E-state index contributed by atoms with van der Waals surface area (Å²) in [6, 6.07) is 0. The number of ether oxygens (including phenoxy) is 1. The fourth-order valence-electron chi connectivity index (χ4n) is 0.587. The molecule has 3 nitrogen and oxygen atoms in total. The van der Waals surface area contributed by atoms with E-state index in [4.69, 9.17) is 4.74 Å². The monoisotopic (exact) mass is 247 g/mol. The van der Waals surface area contributed by atoms with Gasteiger partial charge in [-0.05, 0) is 12.8 Å². The number of nitrogens with one attached hydrogen (secondary N) is 1. The Morgan fingerprint density at radius 3 is 1.94 bits per heavy atom. The molecule has 98 valence electrons. The SMILES string of the molecule is CCCC.CCCCOC(=O)NCCC.[AlH3]. The summed E-state index contributed by atoms with van der Waals surface area (Å²) in [5, 5.41) is 2.63. The second-order valence-electron chi connectivity index (χ2n) is 3.42. The molecule has 0 aliphatic carbocycles. The van der Waals surface area contributed by atoms with Gasteiger partial charge in [0.1, 0.15) is 0 Å². The van der Waals surface area contributed by atoms with Crippen LogP contribution in [0.5, 0.6) is 0 Å². The summed E-state index contributed by atoms with van der Waals surface area (Å²) in [4.78, 5) is 10.7. The van der Waals surface area contributed by atoms with Crippen molar-refractivity contribution in [2.75, 3.05) is 13.2 Å². The van der Waals surface area contributed by atoms with E-state index in [9.17, 15) is 4.79 Å². The molecule has 0 saturated heterocycles. The lowest BCUT2D eigenvalue weighted by atomic mass is 10.4. The largest absolute Gasteiger partial charge is 0.450 e. The molecule has 0 bridgehead atoms. The molecule has 0 saturated carbocycles. The summed E-state index contributed by atoms with van der Waals surface area (Å²) >= 11 is 0. The van der Waals surface area contributed by atoms with Crippen LogP contribution in [-0.4, -0.2) is 36.6 Å². The van der Waals surface area contributed by atoms with Gasteiger partial charge >= 0.3 is 6.09 Å². The molecule has 0 atom stereocenters. The summed E-state index contributed by atoms with van der Waals surface area (Å²) in [6.45, 7) is 9.66. The Morgan fingerprint density at radius 2 is 1.56 bits per heavy atom. The second-order valence-corrected chi connectivity index (χ2v) is 3.42. The van der Waals surface area contributed by atoms with Crippen LogP contribution in [0.25, 0.3) is 0 Å². The maximum Gasteiger partial charge on any atom is 0.407 e. The lowest BCUT2D eigenvalue weighted by molar-refractivity contribution is 0.144. The molecule has 0 heterocycles. The third kappa shape index (κ3) is 23.5. The van der Waals surface area contributed by atoms with Crippen LogP contribution < -0.4 is 5.32 Å². The zero-order valence-electron chi connectivity index (χ0n) is 10.8. The van der Waals surface area contributed by atoms with Gasteiger partial charge in [0.05, 0.1) is 6.61 Å². The predicted molar refractivity (Wildman–Crippen MR) is 75.1 cm³/mol. The summed E-state index contributed by atoms with van der Waals surface area (Å²) in [7, 11) is 0. The number of amides is 1. The van der Waals surface area contributed by atoms with Crippen LogP contribution in [0.1, 0.15) is 59.8 Å². The van der Waals surface area contributed by atoms with Crippen LogP contribution in [0, 0.1) is 0 Å². The highest BCUT2D eigenvalue weighted by Gasteiger charge is 1.97. The average molecular weight is 247 g/mol. The van der Waals surface area contributed by atoms with Gasteiger partial charge in [-0.15, -0.1) is 0 Å². The first kappa shape index (κ1) is 21.1. The highest BCUT2D eigenvalue weighted by atomic mass is 27.0. The molecular weight excluding hydrogens is 217 g/mol. The van der Waals surface area contributed by atoms with Gasteiger partial charge in [0, 0.05) is 6.54 Å². The second kappa shape index (κ2) is 20.2. The number of hydrogen-bond acceptors (Lipinski definition) is 2. The van der Waals surface area contributed by atoms with E-state index in [0.717, 1.165) is 19.3 Å². The van der Waals surface area contributed by atoms with Gasteiger partial charge in [-0.1, -0.05) is 47.0 Å². The van der Waals surface area contributed by atoms with Gasteiger partial charge < -0.3 is 10.1 Å². The third-order valence-electron chi connectivity index (χ3n) is 1.75. The zero-order valence-corrected chi connectivity index (χ0v) is 10.8. The molecule has 1 N–H and O–H groups in total. The average Bonchev–Trinajstić information content (AvgIpc) is 2.27. The molecule has 16 heavy (non-hydrogen) atoms. The van der Waals surface area contributed by atoms with E-state index in [2.05, 4.69) is 26.1 Å². The molecule has 0 radical (unpaired) electrons. The lowest BCUT2D eigenvalue weighted by Gasteiger charge is -2.03. The molecule has 0 aromatic carbocycles. The van der Waals surface area contributed by atoms with E-state index in [1.54, 1.807) is 0 Å². The number of hydrogen-bond donors (Lipinski definition) is 1. The van der Waals surface area contributed by atoms with Crippen LogP contribution >= 0.6 is 0 Å². The van der Waals surface area contributed by atoms with E-state index in [1.165, 1.54) is 12.8 Å². The molecule has 0 rings (SSSR count). The molecule has 4 heteroatoms. The van der Waals surface area contributed by atoms with E-state index in [1.807, 2.05) is 6.92 Å². The Bertz CT molecular complexity index is 130. The highest BCUT2D eigenvalue weighted by Crippen LogP contribution is 1.88. The van der Waals surface area contributed by atoms with Gasteiger partial charge in [0.25, 0.3) is 0 Å². The number of rotatable bonds is 6. The van der Waals surface area contributed by atoms with Crippen LogP contribution in [-0.2, 0) is 4.74 Å². The van der Waals surface area contributed by atoms with E-state index < -0.39 is 0 Å². The normalized spacial score (nSPS) is 8.25. The van der Waals surface area contributed by atoms with Crippen LogP contribution in [0.2, 0.25) is 0 Å². The Balaban J connectivity index is -0.000000292. The molecule has 0 spiro atoms. The first-order chi connectivity index (χ1) is 7.22. The number of carbonyl (C=O) groups is 1. The minimum atomic E-state index is -0.291. The van der Waals surface area contributed by atoms with Gasteiger partial charge in [-0.25, -0.2) is 4.79 Å². The highest BCUT2D eigenvalue weighted by molar-refractivity contribution is 5.75. The minimum absolute atomic E-state index is 0. The van der Waals surface area contributed by atoms with Gasteiger partial charge in [0.15, 0.2) is 17.4 Å². The van der Waals surface area contributed by atoms with Crippen molar-refractivity contribution in [1.29, 1.82) is 0 Å². The van der Waals surface area contributed by atoms with E-state index >= 15 is 0 Å².